The van der Waals surface area contributed by atoms with Gasteiger partial charge >= 0.3 is 0 Å². The maximum absolute atomic E-state index is 13.6. The lowest BCUT2D eigenvalue weighted by Gasteiger charge is -2.25. The second kappa shape index (κ2) is 10.6. The van der Waals surface area contributed by atoms with Crippen molar-refractivity contribution in [2.45, 2.75) is 46.0 Å². The zero-order chi connectivity index (χ0) is 24.1. The highest BCUT2D eigenvalue weighted by atomic mass is 16.1. The molecule has 34 heavy (non-hydrogen) atoms. The van der Waals surface area contributed by atoms with Gasteiger partial charge in [-0.1, -0.05) is 6.42 Å². The third-order valence-corrected chi connectivity index (χ3v) is 6.44. The number of ketones is 1. The summed E-state index contributed by atoms with van der Waals surface area (Å²) in [6, 6.07) is 13.4. The molecule has 7 heteroatoms. The first kappa shape index (κ1) is 23.7. The molecule has 0 aliphatic carbocycles. The van der Waals surface area contributed by atoms with Gasteiger partial charge in [-0.15, -0.1) is 0 Å². The number of piperidine rings is 1. The van der Waals surface area contributed by atoms with Gasteiger partial charge in [0.1, 0.15) is 0 Å². The van der Waals surface area contributed by atoms with Crippen molar-refractivity contribution in [3.05, 3.63) is 58.9 Å². The highest BCUT2D eigenvalue weighted by Crippen LogP contribution is 2.29. The molecule has 1 saturated heterocycles. The summed E-state index contributed by atoms with van der Waals surface area (Å²) in [4.78, 5) is 32.6. The Labute approximate surface area is 200 Å². The second-order valence-electron chi connectivity index (χ2n) is 8.84. The van der Waals surface area contributed by atoms with E-state index in [2.05, 4.69) is 16.3 Å². The maximum Gasteiger partial charge on any atom is 0.220 e. The number of fused-ring (bicyclic) bond motifs is 1. The summed E-state index contributed by atoms with van der Waals surface area (Å²) >= 11 is 0. The third kappa shape index (κ3) is 5.02. The molecular formula is C27H31N5O2. The number of hydrogen-bond acceptors (Lipinski definition) is 5. The molecule has 1 aliphatic heterocycles. The smallest absolute Gasteiger partial charge is 0.220 e. The van der Waals surface area contributed by atoms with E-state index < -0.39 is 0 Å². The highest BCUT2D eigenvalue weighted by molar-refractivity contribution is 6.09. The van der Waals surface area contributed by atoms with E-state index in [4.69, 9.17) is 10.2 Å². The molecule has 1 aromatic carbocycles. The van der Waals surface area contributed by atoms with Gasteiger partial charge in [-0.05, 0) is 82.6 Å². The Kier molecular flexibility index (Phi) is 7.39. The van der Waals surface area contributed by atoms with Gasteiger partial charge in [0.2, 0.25) is 5.91 Å². The molecule has 4 rings (SSSR count). The SMILES string of the molecule is CCNC(=O)CCc1ccc2c(n1)c(C(=O)CN1CCCCC1)c(C)n2-c1ccc(C#N)cc1. The van der Waals surface area contributed by atoms with E-state index in [1.54, 1.807) is 12.1 Å². The zero-order valence-electron chi connectivity index (χ0n) is 19.9. The van der Waals surface area contributed by atoms with Crippen LogP contribution in [0.2, 0.25) is 0 Å². The summed E-state index contributed by atoms with van der Waals surface area (Å²) in [5.41, 5.74) is 5.28. The van der Waals surface area contributed by atoms with Gasteiger partial charge in [0.25, 0.3) is 0 Å². The van der Waals surface area contributed by atoms with Crippen LogP contribution in [0, 0.1) is 18.3 Å². The molecule has 2 aromatic heterocycles. The molecule has 0 unspecified atom stereocenters. The van der Waals surface area contributed by atoms with Crippen molar-refractivity contribution < 1.29 is 9.59 Å². The number of benzene rings is 1. The lowest BCUT2D eigenvalue weighted by atomic mass is 10.1. The van der Waals surface area contributed by atoms with E-state index in [1.165, 1.54) is 6.42 Å². The van der Waals surface area contributed by atoms with Crippen molar-refractivity contribution in [3.63, 3.8) is 0 Å². The molecule has 1 N–H and O–H groups in total. The summed E-state index contributed by atoms with van der Waals surface area (Å²) in [6.07, 6.45) is 4.35. The van der Waals surface area contributed by atoms with Crippen LogP contribution < -0.4 is 5.32 Å². The van der Waals surface area contributed by atoms with Crippen LogP contribution in [-0.2, 0) is 11.2 Å². The van der Waals surface area contributed by atoms with Crippen LogP contribution in [0.5, 0.6) is 0 Å². The molecular weight excluding hydrogens is 426 g/mol. The number of nitriles is 1. The van der Waals surface area contributed by atoms with Gasteiger partial charge in [0.05, 0.1) is 34.8 Å². The van der Waals surface area contributed by atoms with E-state index in [9.17, 15) is 9.59 Å². The first-order valence-electron chi connectivity index (χ1n) is 12.1. The molecule has 3 aromatic rings. The van der Waals surface area contributed by atoms with E-state index >= 15 is 0 Å². The predicted molar refractivity (Wildman–Crippen MR) is 132 cm³/mol. The van der Waals surface area contributed by atoms with Crippen LogP contribution >= 0.6 is 0 Å². The average molecular weight is 458 g/mol. The van der Waals surface area contributed by atoms with Crippen molar-refractivity contribution in [2.75, 3.05) is 26.2 Å². The number of nitrogens with one attached hydrogen (secondary N) is 1. The van der Waals surface area contributed by atoms with Gasteiger partial charge < -0.3 is 9.88 Å². The molecule has 7 nitrogen and oxygen atoms in total. The monoisotopic (exact) mass is 457 g/mol. The van der Waals surface area contributed by atoms with Crippen molar-refractivity contribution in [1.82, 2.24) is 19.8 Å². The van der Waals surface area contributed by atoms with E-state index in [-0.39, 0.29) is 11.7 Å². The van der Waals surface area contributed by atoms with Crippen LogP contribution in [0.25, 0.3) is 16.7 Å². The molecule has 0 radical (unpaired) electrons. The topological polar surface area (TPSA) is 91.0 Å². The number of amides is 1. The number of aryl methyl sites for hydroxylation is 1. The molecule has 3 heterocycles. The Morgan fingerprint density at radius 2 is 1.82 bits per heavy atom. The number of hydrogen-bond donors (Lipinski definition) is 1. The standard InChI is InChI=1S/C27H31N5O2/c1-3-29-25(34)14-10-21-9-13-23-27(30-21)26(24(33)18-31-15-5-4-6-16-31)19(2)32(23)22-11-7-20(17-28)8-12-22/h7-9,11-13H,3-6,10,14-16,18H2,1-2H3,(H,29,34). The van der Waals surface area contributed by atoms with Gasteiger partial charge in [0.15, 0.2) is 5.78 Å². The largest absolute Gasteiger partial charge is 0.356 e. The molecule has 1 fully saturated rings. The summed E-state index contributed by atoms with van der Waals surface area (Å²) in [5, 5.41) is 12.0. The molecule has 0 spiro atoms. The fourth-order valence-corrected chi connectivity index (χ4v) is 4.74. The Balaban J connectivity index is 1.75. The van der Waals surface area contributed by atoms with Crippen molar-refractivity contribution in [1.29, 1.82) is 5.26 Å². The van der Waals surface area contributed by atoms with Gasteiger partial charge in [-0.3, -0.25) is 19.5 Å². The minimum atomic E-state index is -0.00266. The molecule has 176 valence electrons. The quantitative estimate of drug-likeness (QED) is 0.518. The van der Waals surface area contributed by atoms with Gasteiger partial charge in [-0.25, -0.2) is 0 Å². The van der Waals surface area contributed by atoms with Gasteiger partial charge in [0, 0.05) is 30.0 Å². The minimum Gasteiger partial charge on any atom is -0.356 e. The van der Waals surface area contributed by atoms with Crippen LogP contribution in [0.4, 0.5) is 0 Å². The van der Waals surface area contributed by atoms with E-state index in [0.29, 0.717) is 42.6 Å². The number of carbonyl (C=O) groups excluding carboxylic acids is 2. The van der Waals surface area contributed by atoms with E-state index in [0.717, 1.165) is 48.5 Å². The Morgan fingerprint density at radius 1 is 1.09 bits per heavy atom. The van der Waals surface area contributed by atoms with E-state index in [1.807, 2.05) is 42.7 Å². The summed E-state index contributed by atoms with van der Waals surface area (Å²) < 4.78 is 2.04. The van der Waals surface area contributed by atoms with Crippen molar-refractivity contribution in [2.24, 2.45) is 0 Å². The third-order valence-electron chi connectivity index (χ3n) is 6.44. The summed E-state index contributed by atoms with van der Waals surface area (Å²) in [6.45, 7) is 6.74. The molecule has 0 atom stereocenters. The van der Waals surface area contributed by atoms with Crippen LogP contribution in [-0.4, -0.2) is 52.3 Å². The highest BCUT2D eigenvalue weighted by Gasteiger charge is 2.24. The van der Waals surface area contributed by atoms with Crippen LogP contribution in [0.1, 0.15) is 59.9 Å². The second-order valence-corrected chi connectivity index (χ2v) is 8.84. The summed E-state index contributed by atoms with van der Waals surface area (Å²) in [5.74, 6) is 0.0716. The number of likely N-dealkylation sites (tertiary alicyclic amines) is 1. The van der Waals surface area contributed by atoms with Gasteiger partial charge in [-0.2, -0.15) is 5.26 Å². The normalized spacial score (nSPS) is 14.1. The van der Waals surface area contributed by atoms with Crippen molar-refractivity contribution in [3.8, 4) is 11.8 Å². The Morgan fingerprint density at radius 3 is 2.50 bits per heavy atom. The summed E-state index contributed by atoms with van der Waals surface area (Å²) in [7, 11) is 0. The number of carbonyl (C=O) groups is 2. The zero-order valence-corrected chi connectivity index (χ0v) is 19.9. The number of rotatable bonds is 8. The fraction of sp³-hybridized carbons (Fsp3) is 0.407. The average Bonchev–Trinajstić information content (AvgIpc) is 3.14. The van der Waals surface area contributed by atoms with Crippen LogP contribution in [0.3, 0.4) is 0 Å². The number of nitrogens with zero attached hydrogens (tertiary/aromatic N) is 4. The molecule has 1 amide bonds. The first-order chi connectivity index (χ1) is 16.5. The maximum atomic E-state index is 13.6. The minimum absolute atomic E-state index is 0.00266. The number of pyridine rings is 1. The first-order valence-corrected chi connectivity index (χ1v) is 12.1. The number of Topliss-reactive ketones (excluding diaryl/α,β-unsaturated/α-hetero) is 1. The Hall–Kier alpha value is -3.50. The fourth-order valence-electron chi connectivity index (χ4n) is 4.74. The number of aromatic nitrogens is 2. The Bertz CT molecular complexity index is 1230. The predicted octanol–water partition coefficient (Wildman–Crippen LogP) is 3.94. The lowest BCUT2D eigenvalue weighted by molar-refractivity contribution is -0.120. The van der Waals surface area contributed by atoms with Crippen molar-refractivity contribution >= 4 is 22.7 Å². The molecule has 1 aliphatic rings. The lowest BCUT2D eigenvalue weighted by Crippen LogP contribution is -2.34. The molecule has 0 saturated carbocycles. The van der Waals surface area contributed by atoms with Crippen LogP contribution in [0.15, 0.2) is 36.4 Å². The molecule has 0 bridgehead atoms.